The monoisotopic (exact) mass is 238 g/mol. The highest BCUT2D eigenvalue weighted by Gasteiger charge is 2.19. The SMILES string of the molecule is CCCc1c(C(=O)OCC)cnn1C(C)CC. The van der Waals surface area contributed by atoms with E-state index in [1.54, 1.807) is 6.20 Å². The van der Waals surface area contributed by atoms with Crippen molar-refractivity contribution >= 4 is 5.97 Å². The molecule has 0 aliphatic carbocycles. The van der Waals surface area contributed by atoms with Gasteiger partial charge in [-0.25, -0.2) is 4.79 Å². The number of hydrogen-bond acceptors (Lipinski definition) is 3. The summed E-state index contributed by atoms with van der Waals surface area (Å²) in [6.45, 7) is 8.55. The molecule has 4 heteroatoms. The average Bonchev–Trinajstić information content (AvgIpc) is 2.73. The smallest absolute Gasteiger partial charge is 0.341 e. The molecular formula is C13H22N2O2. The molecule has 0 bridgehead atoms. The Kier molecular flexibility index (Phi) is 5.19. The van der Waals surface area contributed by atoms with Crippen molar-refractivity contribution in [3.05, 3.63) is 17.5 Å². The van der Waals surface area contributed by atoms with E-state index < -0.39 is 0 Å². The molecule has 0 amide bonds. The molecule has 0 radical (unpaired) electrons. The summed E-state index contributed by atoms with van der Waals surface area (Å²) >= 11 is 0. The number of hydrogen-bond donors (Lipinski definition) is 0. The molecule has 0 saturated carbocycles. The van der Waals surface area contributed by atoms with Crippen molar-refractivity contribution in [3.63, 3.8) is 0 Å². The Morgan fingerprint density at radius 1 is 1.47 bits per heavy atom. The van der Waals surface area contributed by atoms with E-state index in [0.717, 1.165) is 25.0 Å². The molecule has 1 aromatic rings. The van der Waals surface area contributed by atoms with Gasteiger partial charge in [0.15, 0.2) is 0 Å². The fourth-order valence-corrected chi connectivity index (χ4v) is 1.81. The Labute approximate surface area is 103 Å². The molecule has 1 unspecified atom stereocenters. The molecule has 0 saturated heterocycles. The maximum Gasteiger partial charge on any atom is 0.341 e. The Morgan fingerprint density at radius 2 is 2.18 bits per heavy atom. The quantitative estimate of drug-likeness (QED) is 0.716. The highest BCUT2D eigenvalue weighted by molar-refractivity contribution is 5.90. The maximum atomic E-state index is 11.8. The molecule has 0 fully saturated rings. The van der Waals surface area contributed by atoms with Crippen LogP contribution >= 0.6 is 0 Å². The van der Waals surface area contributed by atoms with Crippen LogP contribution in [0.4, 0.5) is 0 Å². The molecule has 4 nitrogen and oxygen atoms in total. The highest BCUT2D eigenvalue weighted by atomic mass is 16.5. The molecule has 1 atom stereocenters. The molecule has 0 spiro atoms. The predicted molar refractivity (Wildman–Crippen MR) is 67.2 cm³/mol. The maximum absolute atomic E-state index is 11.8. The van der Waals surface area contributed by atoms with Crippen molar-refractivity contribution in [1.29, 1.82) is 0 Å². The van der Waals surface area contributed by atoms with Crippen LogP contribution in [0.15, 0.2) is 6.20 Å². The minimum atomic E-state index is -0.259. The first-order valence-electron chi connectivity index (χ1n) is 6.39. The van der Waals surface area contributed by atoms with Crippen LogP contribution in [0.5, 0.6) is 0 Å². The number of carbonyl (C=O) groups excluding carboxylic acids is 1. The molecule has 1 rings (SSSR count). The number of carbonyl (C=O) groups is 1. The lowest BCUT2D eigenvalue weighted by atomic mass is 10.1. The summed E-state index contributed by atoms with van der Waals surface area (Å²) in [4.78, 5) is 11.8. The number of ether oxygens (including phenoxy) is 1. The predicted octanol–water partition coefficient (Wildman–Crippen LogP) is 2.98. The van der Waals surface area contributed by atoms with E-state index in [-0.39, 0.29) is 5.97 Å². The summed E-state index contributed by atoms with van der Waals surface area (Å²) in [6.07, 6.45) is 4.49. The third-order valence-corrected chi connectivity index (χ3v) is 2.89. The van der Waals surface area contributed by atoms with Gasteiger partial charge in [0, 0.05) is 6.04 Å². The topological polar surface area (TPSA) is 44.1 Å². The largest absolute Gasteiger partial charge is 0.462 e. The van der Waals surface area contributed by atoms with Gasteiger partial charge < -0.3 is 4.74 Å². The summed E-state index contributed by atoms with van der Waals surface area (Å²) in [5.41, 5.74) is 1.62. The molecule has 17 heavy (non-hydrogen) atoms. The molecule has 0 aliphatic heterocycles. The fourth-order valence-electron chi connectivity index (χ4n) is 1.81. The first-order chi connectivity index (χ1) is 8.15. The number of aromatic nitrogens is 2. The summed E-state index contributed by atoms with van der Waals surface area (Å²) in [6, 6.07) is 0.319. The first-order valence-corrected chi connectivity index (χ1v) is 6.39. The minimum Gasteiger partial charge on any atom is -0.462 e. The molecule has 96 valence electrons. The van der Waals surface area contributed by atoms with E-state index in [2.05, 4.69) is 25.9 Å². The molecule has 1 heterocycles. The van der Waals surface area contributed by atoms with Crippen LogP contribution < -0.4 is 0 Å². The van der Waals surface area contributed by atoms with Gasteiger partial charge in [-0.2, -0.15) is 5.10 Å². The van der Waals surface area contributed by atoms with Crippen LogP contribution in [0.1, 0.15) is 62.6 Å². The van der Waals surface area contributed by atoms with Gasteiger partial charge in [-0.15, -0.1) is 0 Å². The van der Waals surface area contributed by atoms with Gasteiger partial charge in [0.25, 0.3) is 0 Å². The zero-order chi connectivity index (χ0) is 12.8. The van der Waals surface area contributed by atoms with Crippen molar-refractivity contribution in [1.82, 2.24) is 9.78 Å². The third kappa shape index (κ3) is 3.08. The third-order valence-electron chi connectivity index (χ3n) is 2.89. The summed E-state index contributed by atoms with van der Waals surface area (Å²) in [5.74, 6) is -0.259. The molecule has 0 aromatic carbocycles. The Balaban J connectivity index is 3.05. The highest BCUT2D eigenvalue weighted by Crippen LogP contribution is 2.19. The molecular weight excluding hydrogens is 216 g/mol. The van der Waals surface area contributed by atoms with Crippen LogP contribution in [0.3, 0.4) is 0 Å². The number of esters is 1. The van der Waals surface area contributed by atoms with Crippen LogP contribution in [0, 0.1) is 0 Å². The van der Waals surface area contributed by atoms with E-state index in [4.69, 9.17) is 4.74 Å². The van der Waals surface area contributed by atoms with Gasteiger partial charge in [-0.3, -0.25) is 4.68 Å². The van der Waals surface area contributed by atoms with Crippen LogP contribution in [0.25, 0.3) is 0 Å². The summed E-state index contributed by atoms with van der Waals surface area (Å²) < 4.78 is 7.00. The van der Waals surface area contributed by atoms with Gasteiger partial charge in [0.1, 0.15) is 5.56 Å². The van der Waals surface area contributed by atoms with Gasteiger partial charge in [0.2, 0.25) is 0 Å². The lowest BCUT2D eigenvalue weighted by molar-refractivity contribution is 0.0525. The van der Waals surface area contributed by atoms with Gasteiger partial charge in [0.05, 0.1) is 18.5 Å². The average molecular weight is 238 g/mol. The molecule has 1 aromatic heterocycles. The molecule has 0 N–H and O–H groups in total. The lowest BCUT2D eigenvalue weighted by Crippen LogP contribution is -2.13. The Hall–Kier alpha value is -1.32. The van der Waals surface area contributed by atoms with Crippen molar-refractivity contribution in [2.45, 2.75) is 53.0 Å². The van der Waals surface area contributed by atoms with Crippen LogP contribution in [-0.2, 0) is 11.2 Å². The second-order valence-electron chi connectivity index (χ2n) is 4.18. The molecule has 0 aliphatic rings. The van der Waals surface area contributed by atoms with E-state index >= 15 is 0 Å². The van der Waals surface area contributed by atoms with E-state index in [1.165, 1.54) is 0 Å². The summed E-state index contributed by atoms with van der Waals surface area (Å²) in [5, 5.41) is 4.32. The zero-order valence-corrected chi connectivity index (χ0v) is 11.2. The number of rotatable bonds is 6. The van der Waals surface area contributed by atoms with Crippen molar-refractivity contribution in [3.8, 4) is 0 Å². The van der Waals surface area contributed by atoms with Gasteiger partial charge in [-0.1, -0.05) is 20.3 Å². The van der Waals surface area contributed by atoms with Crippen molar-refractivity contribution in [2.75, 3.05) is 6.61 Å². The minimum absolute atomic E-state index is 0.259. The van der Waals surface area contributed by atoms with Crippen molar-refractivity contribution < 1.29 is 9.53 Å². The van der Waals surface area contributed by atoms with E-state index in [9.17, 15) is 4.79 Å². The van der Waals surface area contributed by atoms with Crippen LogP contribution in [0.2, 0.25) is 0 Å². The standard InChI is InChI=1S/C13H22N2O2/c1-5-8-12-11(13(16)17-7-3)9-14-15(12)10(4)6-2/h9-10H,5-8H2,1-4H3. The number of nitrogens with zero attached hydrogens (tertiary/aromatic N) is 2. The van der Waals surface area contributed by atoms with Crippen molar-refractivity contribution in [2.24, 2.45) is 0 Å². The fraction of sp³-hybridized carbons (Fsp3) is 0.692. The van der Waals surface area contributed by atoms with Gasteiger partial charge >= 0.3 is 5.97 Å². The Morgan fingerprint density at radius 3 is 2.71 bits per heavy atom. The van der Waals surface area contributed by atoms with Crippen LogP contribution in [-0.4, -0.2) is 22.4 Å². The summed E-state index contributed by atoms with van der Waals surface area (Å²) in [7, 11) is 0. The van der Waals surface area contributed by atoms with E-state index in [1.807, 2.05) is 11.6 Å². The zero-order valence-electron chi connectivity index (χ0n) is 11.2. The van der Waals surface area contributed by atoms with Gasteiger partial charge in [-0.05, 0) is 26.7 Å². The second-order valence-corrected chi connectivity index (χ2v) is 4.18. The van der Waals surface area contributed by atoms with E-state index in [0.29, 0.717) is 18.2 Å². The second kappa shape index (κ2) is 6.42. The lowest BCUT2D eigenvalue weighted by Gasteiger charge is -2.14. The first kappa shape index (κ1) is 13.7. The Bertz CT molecular complexity index is 371. The normalized spacial score (nSPS) is 12.5.